The van der Waals surface area contributed by atoms with Crippen LogP contribution >= 0.6 is 11.3 Å². The third-order valence-electron chi connectivity index (χ3n) is 4.70. The molecule has 0 aliphatic carbocycles. The maximum atomic E-state index is 14.5. The molecule has 28 heavy (non-hydrogen) atoms. The zero-order valence-electron chi connectivity index (χ0n) is 15.0. The van der Waals surface area contributed by atoms with Gasteiger partial charge in [-0.15, -0.1) is 11.3 Å². The number of fused-ring (bicyclic) bond motifs is 1. The molecule has 0 radical (unpaired) electrons. The number of ether oxygens (including phenoxy) is 1. The monoisotopic (exact) mass is 398 g/mol. The van der Waals surface area contributed by atoms with E-state index in [1.54, 1.807) is 12.1 Å². The molecular weight excluding hydrogens is 379 g/mol. The van der Waals surface area contributed by atoms with Gasteiger partial charge in [-0.05, 0) is 30.7 Å². The molecule has 1 aliphatic heterocycles. The molecule has 5 nitrogen and oxygen atoms in total. The van der Waals surface area contributed by atoms with Crippen LogP contribution in [0.15, 0.2) is 48.5 Å². The fourth-order valence-corrected chi connectivity index (χ4v) is 4.39. The molecule has 1 atom stereocenters. The van der Waals surface area contributed by atoms with Crippen molar-refractivity contribution in [3.63, 3.8) is 0 Å². The van der Waals surface area contributed by atoms with Crippen molar-refractivity contribution < 1.29 is 18.7 Å². The van der Waals surface area contributed by atoms with Crippen LogP contribution in [0.5, 0.6) is 5.75 Å². The lowest BCUT2D eigenvalue weighted by molar-refractivity contribution is -0.122. The highest BCUT2D eigenvalue weighted by Gasteiger charge is 2.25. The molecule has 144 valence electrons. The van der Waals surface area contributed by atoms with E-state index >= 15 is 0 Å². The Balaban J connectivity index is 1.62. The van der Waals surface area contributed by atoms with Crippen molar-refractivity contribution in [2.75, 3.05) is 6.54 Å². The van der Waals surface area contributed by atoms with E-state index in [9.17, 15) is 14.0 Å². The van der Waals surface area contributed by atoms with Gasteiger partial charge in [0.15, 0.2) is 0 Å². The lowest BCUT2D eigenvalue weighted by Gasteiger charge is -2.23. The maximum absolute atomic E-state index is 14.5. The average Bonchev–Trinajstić information content (AvgIpc) is 3.09. The largest absolute Gasteiger partial charge is 0.489 e. The van der Waals surface area contributed by atoms with Gasteiger partial charge in [0.1, 0.15) is 18.2 Å². The summed E-state index contributed by atoms with van der Waals surface area (Å²) in [4.78, 5) is 24.7. The number of thiophene rings is 1. The van der Waals surface area contributed by atoms with Crippen LogP contribution in [-0.4, -0.2) is 24.4 Å². The zero-order valence-corrected chi connectivity index (χ0v) is 15.9. The van der Waals surface area contributed by atoms with E-state index in [0.29, 0.717) is 45.7 Å². The van der Waals surface area contributed by atoms with Gasteiger partial charge in [-0.2, -0.15) is 0 Å². The molecule has 2 heterocycles. The first-order valence-electron chi connectivity index (χ1n) is 9.07. The van der Waals surface area contributed by atoms with Crippen LogP contribution in [0, 0.1) is 5.82 Å². The Hall–Kier alpha value is -2.93. The molecule has 2 N–H and O–H groups in total. The van der Waals surface area contributed by atoms with Gasteiger partial charge >= 0.3 is 0 Å². The van der Waals surface area contributed by atoms with E-state index in [4.69, 9.17) is 4.74 Å². The first-order chi connectivity index (χ1) is 13.6. The summed E-state index contributed by atoms with van der Waals surface area (Å²) in [6, 6.07) is 13.9. The number of hydrogen-bond acceptors (Lipinski definition) is 4. The molecule has 1 aromatic heterocycles. The fourth-order valence-electron chi connectivity index (χ4n) is 3.27. The number of halogens is 1. The van der Waals surface area contributed by atoms with Crippen molar-refractivity contribution in [3.05, 3.63) is 64.8 Å². The minimum absolute atomic E-state index is 0.00798. The lowest BCUT2D eigenvalue weighted by atomic mass is 10.1. The quantitative estimate of drug-likeness (QED) is 0.690. The molecule has 2 amide bonds. The van der Waals surface area contributed by atoms with Crippen LogP contribution in [0.2, 0.25) is 0 Å². The van der Waals surface area contributed by atoms with Crippen molar-refractivity contribution in [2.45, 2.75) is 25.5 Å². The van der Waals surface area contributed by atoms with Gasteiger partial charge in [-0.1, -0.05) is 24.3 Å². The Bertz CT molecular complexity index is 1010. The average molecular weight is 398 g/mol. The molecule has 2 aromatic carbocycles. The second kappa shape index (κ2) is 7.98. The molecule has 0 saturated carbocycles. The van der Waals surface area contributed by atoms with Crippen LogP contribution in [0.1, 0.15) is 28.1 Å². The number of hydrogen-bond donors (Lipinski definition) is 2. The number of rotatable bonds is 5. The van der Waals surface area contributed by atoms with Crippen molar-refractivity contribution in [1.82, 2.24) is 10.6 Å². The van der Waals surface area contributed by atoms with Crippen molar-refractivity contribution in [1.29, 1.82) is 0 Å². The fraction of sp³-hybridized carbons (Fsp3) is 0.238. The second-order valence-corrected chi connectivity index (χ2v) is 7.69. The van der Waals surface area contributed by atoms with E-state index in [1.165, 1.54) is 17.4 Å². The van der Waals surface area contributed by atoms with Crippen LogP contribution in [0.3, 0.4) is 0 Å². The highest BCUT2D eigenvalue weighted by atomic mass is 32.1. The summed E-state index contributed by atoms with van der Waals surface area (Å²) in [5.41, 5.74) is 0.541. The minimum atomic E-state index is -0.371. The van der Waals surface area contributed by atoms with Crippen LogP contribution in [0.25, 0.3) is 10.1 Å². The number of piperidine rings is 1. The van der Waals surface area contributed by atoms with Crippen molar-refractivity contribution >= 4 is 33.2 Å². The summed E-state index contributed by atoms with van der Waals surface area (Å²) in [6.07, 6.45) is 0.975. The van der Waals surface area contributed by atoms with Gasteiger partial charge in [0, 0.05) is 34.7 Å². The standard InChI is InChI=1S/C21H19FN2O3S/c22-16-7-4-8-17-19(16)15(12-27-14-5-2-1-3-6-14)20(28-17)21(26)24-13-9-10-18(25)23-11-13/h1-8,13H,9-12H2,(H,23,25)(H,24,26). The molecule has 4 rings (SSSR count). The number of carbonyl (C=O) groups excluding carboxylic acids is 2. The van der Waals surface area contributed by atoms with Gasteiger partial charge in [-0.3, -0.25) is 9.59 Å². The third kappa shape index (κ3) is 3.84. The van der Waals surface area contributed by atoms with E-state index in [0.717, 1.165) is 0 Å². The van der Waals surface area contributed by atoms with Gasteiger partial charge in [-0.25, -0.2) is 4.39 Å². The topological polar surface area (TPSA) is 67.4 Å². The van der Waals surface area contributed by atoms with Gasteiger partial charge < -0.3 is 15.4 Å². The smallest absolute Gasteiger partial charge is 0.262 e. The summed E-state index contributed by atoms with van der Waals surface area (Å²) in [7, 11) is 0. The van der Waals surface area contributed by atoms with E-state index in [1.807, 2.05) is 30.3 Å². The molecule has 1 aliphatic rings. The highest BCUT2D eigenvalue weighted by Crippen LogP contribution is 2.34. The van der Waals surface area contributed by atoms with Crippen molar-refractivity contribution in [3.8, 4) is 5.75 Å². The number of nitrogens with one attached hydrogen (secondary N) is 2. The van der Waals surface area contributed by atoms with Gasteiger partial charge in [0.2, 0.25) is 5.91 Å². The summed E-state index contributed by atoms with van der Waals surface area (Å²) in [5, 5.41) is 6.13. The number of amides is 2. The summed E-state index contributed by atoms with van der Waals surface area (Å²) >= 11 is 1.25. The zero-order chi connectivity index (χ0) is 19.5. The molecule has 0 spiro atoms. The van der Waals surface area contributed by atoms with Crippen LogP contribution in [0.4, 0.5) is 4.39 Å². The first-order valence-corrected chi connectivity index (χ1v) is 9.89. The highest BCUT2D eigenvalue weighted by molar-refractivity contribution is 7.21. The van der Waals surface area contributed by atoms with Crippen LogP contribution < -0.4 is 15.4 Å². The predicted molar refractivity (Wildman–Crippen MR) is 106 cm³/mol. The molecule has 0 bridgehead atoms. The normalized spacial score (nSPS) is 16.6. The third-order valence-corrected chi connectivity index (χ3v) is 5.89. The number of para-hydroxylation sites is 1. The first kappa shape index (κ1) is 18.4. The Morgan fingerprint density at radius 1 is 1.21 bits per heavy atom. The Kier molecular flexibility index (Phi) is 5.25. The molecular formula is C21H19FN2O3S. The predicted octanol–water partition coefficient (Wildman–Crippen LogP) is 3.63. The summed E-state index contributed by atoms with van der Waals surface area (Å²) < 4.78 is 21.0. The maximum Gasteiger partial charge on any atom is 0.262 e. The van der Waals surface area contributed by atoms with E-state index < -0.39 is 0 Å². The molecule has 1 unspecified atom stereocenters. The summed E-state index contributed by atoms with van der Waals surface area (Å²) in [6.45, 7) is 0.495. The molecule has 3 aromatic rings. The van der Waals surface area contributed by atoms with Gasteiger partial charge in [0.25, 0.3) is 5.91 Å². The number of benzene rings is 2. The SMILES string of the molecule is O=C1CCC(NC(=O)c2sc3cccc(F)c3c2COc2ccccc2)CN1. The van der Waals surface area contributed by atoms with E-state index in [2.05, 4.69) is 10.6 Å². The Morgan fingerprint density at radius 2 is 2.04 bits per heavy atom. The van der Waals surface area contributed by atoms with Crippen molar-refractivity contribution in [2.24, 2.45) is 0 Å². The molecule has 7 heteroatoms. The second-order valence-electron chi connectivity index (χ2n) is 6.64. The van der Waals surface area contributed by atoms with Gasteiger partial charge in [0.05, 0.1) is 4.88 Å². The minimum Gasteiger partial charge on any atom is -0.489 e. The van der Waals surface area contributed by atoms with Crippen LogP contribution in [-0.2, 0) is 11.4 Å². The Labute approximate surface area is 165 Å². The summed E-state index contributed by atoms with van der Waals surface area (Å²) in [5.74, 6) is 0.00345. The van der Waals surface area contributed by atoms with E-state index in [-0.39, 0.29) is 30.3 Å². The Morgan fingerprint density at radius 3 is 2.79 bits per heavy atom. The lowest BCUT2D eigenvalue weighted by Crippen LogP contribution is -2.47. The molecule has 1 fully saturated rings. The molecule has 1 saturated heterocycles. The number of carbonyl (C=O) groups is 2.